The van der Waals surface area contributed by atoms with Gasteiger partial charge < -0.3 is 14.7 Å². The first-order valence-corrected chi connectivity index (χ1v) is 6.97. The van der Waals surface area contributed by atoms with Crippen molar-refractivity contribution in [3.63, 3.8) is 0 Å². The largest absolute Gasteiger partial charge is 0.488 e. The van der Waals surface area contributed by atoms with Gasteiger partial charge in [0, 0.05) is 19.0 Å². The Morgan fingerprint density at radius 1 is 1.33 bits per heavy atom. The SMILES string of the molecule is O=C(O)N1CCC(Oc2cc(C3CC3)cc([N+](=O)[O-])c2)C1. The number of ether oxygens (including phenoxy) is 1. The van der Waals surface area contributed by atoms with Crippen LogP contribution in [0.15, 0.2) is 18.2 Å². The van der Waals surface area contributed by atoms with Crippen molar-refractivity contribution in [1.82, 2.24) is 4.90 Å². The Bertz CT molecular complexity index is 585. The van der Waals surface area contributed by atoms with Crippen molar-refractivity contribution >= 4 is 11.8 Å². The first-order chi connectivity index (χ1) is 10.0. The van der Waals surface area contributed by atoms with Crippen LogP contribution in [-0.2, 0) is 0 Å². The summed E-state index contributed by atoms with van der Waals surface area (Å²) >= 11 is 0. The average molecular weight is 292 g/mol. The highest BCUT2D eigenvalue weighted by molar-refractivity contribution is 5.65. The summed E-state index contributed by atoms with van der Waals surface area (Å²) in [5.41, 5.74) is 0.967. The molecule has 1 amide bonds. The van der Waals surface area contributed by atoms with E-state index in [4.69, 9.17) is 9.84 Å². The molecule has 0 bridgehead atoms. The zero-order valence-corrected chi connectivity index (χ0v) is 11.4. The van der Waals surface area contributed by atoms with Crippen LogP contribution >= 0.6 is 0 Å². The minimum atomic E-state index is -0.959. The zero-order chi connectivity index (χ0) is 15.0. The van der Waals surface area contributed by atoms with Crippen molar-refractivity contribution in [2.24, 2.45) is 0 Å². The van der Waals surface area contributed by atoms with E-state index in [-0.39, 0.29) is 11.8 Å². The number of nitrogens with zero attached hydrogens (tertiary/aromatic N) is 2. The van der Waals surface area contributed by atoms with E-state index in [0.29, 0.717) is 31.2 Å². The van der Waals surface area contributed by atoms with E-state index in [1.807, 2.05) is 6.07 Å². The highest BCUT2D eigenvalue weighted by Crippen LogP contribution is 2.42. The highest BCUT2D eigenvalue weighted by atomic mass is 16.6. The summed E-state index contributed by atoms with van der Waals surface area (Å²) in [5, 5.41) is 19.9. The second-order valence-electron chi connectivity index (χ2n) is 5.55. The quantitative estimate of drug-likeness (QED) is 0.680. The van der Waals surface area contributed by atoms with Crippen LogP contribution in [0, 0.1) is 10.1 Å². The smallest absolute Gasteiger partial charge is 0.407 e. The second-order valence-corrected chi connectivity index (χ2v) is 5.55. The minimum Gasteiger partial charge on any atom is -0.488 e. The molecule has 1 saturated carbocycles. The van der Waals surface area contributed by atoms with Crippen molar-refractivity contribution in [1.29, 1.82) is 0 Å². The third-order valence-corrected chi connectivity index (χ3v) is 3.89. The van der Waals surface area contributed by atoms with Crippen LogP contribution in [-0.4, -0.2) is 40.2 Å². The fourth-order valence-electron chi connectivity index (χ4n) is 2.62. The molecule has 0 radical (unpaired) electrons. The molecular formula is C14H16N2O5. The lowest BCUT2D eigenvalue weighted by molar-refractivity contribution is -0.385. The van der Waals surface area contributed by atoms with Crippen molar-refractivity contribution in [3.8, 4) is 5.75 Å². The summed E-state index contributed by atoms with van der Waals surface area (Å²) in [6.45, 7) is 0.737. The molecule has 7 heteroatoms. The van der Waals surface area contributed by atoms with Crippen LogP contribution in [0.5, 0.6) is 5.75 Å². The Morgan fingerprint density at radius 3 is 2.67 bits per heavy atom. The normalized spacial score (nSPS) is 21.3. The van der Waals surface area contributed by atoms with Crippen LogP contribution in [0.4, 0.5) is 10.5 Å². The van der Waals surface area contributed by atoms with E-state index in [1.165, 1.54) is 11.0 Å². The van der Waals surface area contributed by atoms with Gasteiger partial charge in [-0.25, -0.2) is 4.79 Å². The van der Waals surface area contributed by atoms with E-state index >= 15 is 0 Å². The van der Waals surface area contributed by atoms with Crippen LogP contribution in [0.1, 0.15) is 30.7 Å². The van der Waals surface area contributed by atoms with E-state index < -0.39 is 11.0 Å². The van der Waals surface area contributed by atoms with Gasteiger partial charge in [0.05, 0.1) is 17.5 Å². The summed E-state index contributed by atoms with van der Waals surface area (Å²) in [6, 6.07) is 4.85. The topological polar surface area (TPSA) is 92.9 Å². The molecule has 2 fully saturated rings. The molecule has 1 aliphatic heterocycles. The first kappa shape index (κ1) is 13.7. The molecule has 1 unspecified atom stereocenters. The third kappa shape index (κ3) is 3.07. The molecule has 7 nitrogen and oxygen atoms in total. The Hall–Kier alpha value is -2.31. The molecular weight excluding hydrogens is 276 g/mol. The maximum absolute atomic E-state index is 11.0. The van der Waals surface area contributed by atoms with Gasteiger partial charge in [-0.1, -0.05) is 0 Å². The highest BCUT2D eigenvalue weighted by Gasteiger charge is 2.29. The molecule has 3 rings (SSSR count). The van der Waals surface area contributed by atoms with Gasteiger partial charge in [-0.05, 0) is 30.4 Å². The van der Waals surface area contributed by atoms with Crippen molar-refractivity contribution in [2.45, 2.75) is 31.3 Å². The van der Waals surface area contributed by atoms with E-state index in [1.54, 1.807) is 6.07 Å². The number of hydrogen-bond acceptors (Lipinski definition) is 4. The molecule has 1 N–H and O–H groups in total. The molecule has 1 aromatic rings. The number of amides is 1. The van der Waals surface area contributed by atoms with Gasteiger partial charge in [-0.2, -0.15) is 0 Å². The molecule has 1 aromatic carbocycles. The number of nitro groups is 1. The number of carboxylic acid groups (broad SMARTS) is 1. The van der Waals surface area contributed by atoms with Gasteiger partial charge in [0.15, 0.2) is 0 Å². The predicted molar refractivity (Wildman–Crippen MR) is 73.7 cm³/mol. The van der Waals surface area contributed by atoms with Gasteiger partial charge in [0.1, 0.15) is 11.9 Å². The van der Waals surface area contributed by atoms with Crippen molar-refractivity contribution in [3.05, 3.63) is 33.9 Å². The lowest BCUT2D eigenvalue weighted by Gasteiger charge is -2.15. The van der Waals surface area contributed by atoms with Crippen molar-refractivity contribution in [2.75, 3.05) is 13.1 Å². The fraction of sp³-hybridized carbons (Fsp3) is 0.500. The molecule has 0 aromatic heterocycles. The third-order valence-electron chi connectivity index (χ3n) is 3.89. The summed E-state index contributed by atoms with van der Waals surface area (Å²) in [5.74, 6) is 0.856. The van der Waals surface area contributed by atoms with Gasteiger partial charge in [0.25, 0.3) is 5.69 Å². The summed E-state index contributed by atoms with van der Waals surface area (Å²) in [6.07, 6.45) is 1.51. The molecule has 0 spiro atoms. The van der Waals surface area contributed by atoms with Gasteiger partial charge in [-0.3, -0.25) is 10.1 Å². The maximum Gasteiger partial charge on any atom is 0.407 e. The minimum absolute atomic E-state index is 0.0301. The number of non-ortho nitro benzene ring substituents is 1. The summed E-state index contributed by atoms with van der Waals surface area (Å²) in [4.78, 5) is 22.7. The number of hydrogen-bond donors (Lipinski definition) is 1. The lowest BCUT2D eigenvalue weighted by Crippen LogP contribution is -2.29. The van der Waals surface area contributed by atoms with E-state index in [9.17, 15) is 14.9 Å². The molecule has 1 aliphatic carbocycles. The molecule has 1 heterocycles. The van der Waals surface area contributed by atoms with Crippen molar-refractivity contribution < 1.29 is 19.6 Å². The number of benzene rings is 1. The molecule has 21 heavy (non-hydrogen) atoms. The summed E-state index contributed by atoms with van der Waals surface area (Å²) in [7, 11) is 0. The lowest BCUT2D eigenvalue weighted by atomic mass is 10.1. The van der Waals surface area contributed by atoms with Crippen LogP contribution in [0.3, 0.4) is 0 Å². The van der Waals surface area contributed by atoms with E-state index in [0.717, 1.165) is 18.4 Å². The monoisotopic (exact) mass is 292 g/mol. The Morgan fingerprint density at radius 2 is 2.10 bits per heavy atom. The second kappa shape index (κ2) is 5.23. The standard InChI is InChI=1S/C14H16N2O5/c17-14(18)15-4-3-12(8-15)21-13-6-10(9-1-2-9)5-11(7-13)16(19)20/h5-7,9,12H,1-4,8H2,(H,17,18). The number of carbonyl (C=O) groups is 1. The van der Waals surface area contributed by atoms with Gasteiger partial charge >= 0.3 is 6.09 Å². The molecule has 1 atom stereocenters. The maximum atomic E-state index is 11.0. The average Bonchev–Trinajstić information content (AvgIpc) is 3.18. The first-order valence-electron chi connectivity index (χ1n) is 6.97. The zero-order valence-electron chi connectivity index (χ0n) is 11.4. The Labute approximate surface area is 121 Å². The van der Waals surface area contributed by atoms with Gasteiger partial charge in [0.2, 0.25) is 0 Å². The van der Waals surface area contributed by atoms with Crippen LogP contribution in [0.2, 0.25) is 0 Å². The number of likely N-dealkylation sites (tertiary alicyclic amines) is 1. The molecule has 112 valence electrons. The molecule has 1 saturated heterocycles. The number of rotatable bonds is 4. The molecule has 2 aliphatic rings. The van der Waals surface area contributed by atoms with Crippen LogP contribution in [0.25, 0.3) is 0 Å². The number of nitro benzene ring substituents is 1. The predicted octanol–water partition coefficient (Wildman–Crippen LogP) is 2.60. The van der Waals surface area contributed by atoms with E-state index in [2.05, 4.69) is 0 Å². The van der Waals surface area contributed by atoms with Gasteiger partial charge in [-0.15, -0.1) is 0 Å². The fourth-order valence-corrected chi connectivity index (χ4v) is 2.62. The Balaban J connectivity index is 1.75. The summed E-state index contributed by atoms with van der Waals surface area (Å²) < 4.78 is 5.76. The van der Waals surface area contributed by atoms with Crippen LogP contribution < -0.4 is 4.74 Å². The Kier molecular flexibility index (Phi) is 3.40.